The minimum Gasteiger partial charge on any atom is -0.467 e. The Kier molecular flexibility index (Phi) is 11.1. The molecule has 0 aliphatic rings. The first kappa shape index (κ1) is 22.9. The number of nitrogens with one attached hydrogen (secondary N) is 2. The summed E-state index contributed by atoms with van der Waals surface area (Å²) in [5.74, 6) is 1.33. The molecule has 0 fully saturated rings. The van der Waals surface area contributed by atoms with Crippen LogP contribution in [0.15, 0.2) is 52.1 Å². The minimum atomic E-state index is -0.433. The SMILES string of the molecule is I.O=[N+]([O-])c1ccc(CN=C(NCCOCCO)NCc2ccco2)cc1. The smallest absolute Gasteiger partial charge is 0.269 e. The molecule has 10 heteroatoms. The van der Waals surface area contributed by atoms with Crippen LogP contribution in [0, 0.1) is 10.1 Å². The van der Waals surface area contributed by atoms with Gasteiger partial charge >= 0.3 is 0 Å². The molecular weight excluding hydrogens is 467 g/mol. The quantitative estimate of drug-likeness (QED) is 0.116. The molecule has 0 amide bonds. The summed E-state index contributed by atoms with van der Waals surface area (Å²) < 4.78 is 10.5. The first-order chi connectivity index (χ1) is 12.7. The van der Waals surface area contributed by atoms with Gasteiger partial charge in [-0.05, 0) is 17.7 Å². The molecule has 0 saturated heterocycles. The van der Waals surface area contributed by atoms with Crippen molar-refractivity contribution in [1.82, 2.24) is 10.6 Å². The first-order valence-corrected chi connectivity index (χ1v) is 8.15. The molecule has 0 atom stereocenters. The Balaban J connectivity index is 0.00000364. The maximum absolute atomic E-state index is 10.7. The van der Waals surface area contributed by atoms with Crippen LogP contribution in [0.2, 0.25) is 0 Å². The Labute approximate surface area is 174 Å². The third-order valence-corrected chi connectivity index (χ3v) is 3.35. The molecule has 1 aromatic heterocycles. The molecule has 0 saturated carbocycles. The van der Waals surface area contributed by atoms with E-state index in [1.165, 1.54) is 12.1 Å². The monoisotopic (exact) mass is 490 g/mol. The Morgan fingerprint density at radius 2 is 2.00 bits per heavy atom. The van der Waals surface area contributed by atoms with Crippen molar-refractivity contribution in [2.45, 2.75) is 13.1 Å². The number of nitro groups is 1. The van der Waals surface area contributed by atoms with E-state index in [4.69, 9.17) is 14.3 Å². The van der Waals surface area contributed by atoms with E-state index in [1.807, 2.05) is 6.07 Å². The highest BCUT2D eigenvalue weighted by atomic mass is 127. The van der Waals surface area contributed by atoms with Gasteiger partial charge in [0.2, 0.25) is 0 Å². The fourth-order valence-corrected chi connectivity index (χ4v) is 2.06. The molecule has 0 spiro atoms. The van der Waals surface area contributed by atoms with E-state index in [-0.39, 0.29) is 42.9 Å². The van der Waals surface area contributed by atoms with Gasteiger partial charge in [0.25, 0.3) is 5.69 Å². The summed E-state index contributed by atoms with van der Waals surface area (Å²) in [6.45, 7) is 2.05. The van der Waals surface area contributed by atoms with Crippen molar-refractivity contribution in [3.63, 3.8) is 0 Å². The van der Waals surface area contributed by atoms with Gasteiger partial charge in [-0.25, -0.2) is 4.99 Å². The van der Waals surface area contributed by atoms with E-state index in [0.29, 0.717) is 32.2 Å². The van der Waals surface area contributed by atoms with Crippen molar-refractivity contribution in [3.8, 4) is 0 Å². The van der Waals surface area contributed by atoms with Crippen LogP contribution in [-0.4, -0.2) is 42.4 Å². The van der Waals surface area contributed by atoms with E-state index in [1.54, 1.807) is 24.5 Å². The van der Waals surface area contributed by atoms with Gasteiger partial charge < -0.3 is 24.9 Å². The number of hydrogen-bond acceptors (Lipinski definition) is 6. The van der Waals surface area contributed by atoms with Crippen LogP contribution in [0.25, 0.3) is 0 Å². The molecule has 2 rings (SSSR count). The van der Waals surface area contributed by atoms with Crippen molar-refractivity contribution >= 4 is 35.6 Å². The molecule has 0 aliphatic carbocycles. The fraction of sp³-hybridized carbons (Fsp3) is 0.353. The molecule has 1 heterocycles. The number of halogens is 1. The number of nitrogens with zero attached hydrogens (tertiary/aromatic N) is 2. The Morgan fingerprint density at radius 1 is 1.22 bits per heavy atom. The second-order valence-electron chi connectivity index (χ2n) is 5.28. The molecular formula is C17H23IN4O5. The Hall–Kier alpha value is -2.18. The highest BCUT2D eigenvalue weighted by Gasteiger charge is 2.05. The van der Waals surface area contributed by atoms with Crippen LogP contribution in [0.1, 0.15) is 11.3 Å². The van der Waals surface area contributed by atoms with Crippen LogP contribution >= 0.6 is 24.0 Å². The van der Waals surface area contributed by atoms with Gasteiger partial charge in [-0.1, -0.05) is 12.1 Å². The van der Waals surface area contributed by atoms with E-state index in [9.17, 15) is 10.1 Å². The molecule has 148 valence electrons. The number of furan rings is 1. The van der Waals surface area contributed by atoms with Gasteiger partial charge in [-0.15, -0.1) is 24.0 Å². The molecule has 27 heavy (non-hydrogen) atoms. The molecule has 0 radical (unpaired) electrons. The number of rotatable bonds is 10. The molecule has 1 aromatic carbocycles. The van der Waals surface area contributed by atoms with Crippen molar-refractivity contribution in [2.24, 2.45) is 4.99 Å². The van der Waals surface area contributed by atoms with Crippen molar-refractivity contribution in [3.05, 3.63) is 64.1 Å². The van der Waals surface area contributed by atoms with E-state index < -0.39 is 4.92 Å². The van der Waals surface area contributed by atoms with Gasteiger partial charge in [-0.3, -0.25) is 10.1 Å². The summed E-state index contributed by atoms with van der Waals surface area (Å²) in [7, 11) is 0. The average Bonchev–Trinajstić information content (AvgIpc) is 3.17. The van der Waals surface area contributed by atoms with Crippen LogP contribution in [-0.2, 0) is 17.8 Å². The number of nitro benzene ring substituents is 1. The number of benzene rings is 1. The van der Waals surface area contributed by atoms with E-state index in [2.05, 4.69) is 15.6 Å². The standard InChI is InChI=1S/C17H22N4O5.HI/c22-8-11-25-10-7-18-17(20-13-16-2-1-9-26-16)19-12-14-3-5-15(6-4-14)21(23)24;/h1-6,9,22H,7-8,10-13H2,(H2,18,19,20);1H. The molecule has 2 aromatic rings. The highest BCUT2D eigenvalue weighted by molar-refractivity contribution is 14.0. The number of non-ortho nitro benzene ring substituents is 1. The molecule has 3 N–H and O–H groups in total. The normalized spacial score (nSPS) is 10.9. The highest BCUT2D eigenvalue weighted by Crippen LogP contribution is 2.12. The molecule has 9 nitrogen and oxygen atoms in total. The summed E-state index contributed by atoms with van der Waals surface area (Å²) in [5.41, 5.74) is 0.902. The van der Waals surface area contributed by atoms with Gasteiger partial charge in [-0.2, -0.15) is 0 Å². The zero-order valence-electron chi connectivity index (χ0n) is 14.7. The largest absolute Gasteiger partial charge is 0.467 e. The summed E-state index contributed by atoms with van der Waals surface area (Å²) in [4.78, 5) is 14.7. The second-order valence-corrected chi connectivity index (χ2v) is 5.28. The lowest BCUT2D eigenvalue weighted by Crippen LogP contribution is -2.38. The van der Waals surface area contributed by atoms with Crippen molar-refractivity contribution in [2.75, 3.05) is 26.4 Å². The number of guanidine groups is 1. The zero-order valence-corrected chi connectivity index (χ0v) is 17.0. The predicted octanol–water partition coefficient (Wildman–Crippen LogP) is 2.05. The lowest BCUT2D eigenvalue weighted by atomic mass is 10.2. The number of aliphatic imine (C=N–C) groups is 1. The van der Waals surface area contributed by atoms with Crippen LogP contribution in [0.3, 0.4) is 0 Å². The summed E-state index contributed by atoms with van der Waals surface area (Å²) >= 11 is 0. The predicted molar refractivity (Wildman–Crippen MR) is 111 cm³/mol. The zero-order chi connectivity index (χ0) is 18.6. The van der Waals surface area contributed by atoms with Gasteiger partial charge in [0.1, 0.15) is 5.76 Å². The van der Waals surface area contributed by atoms with Gasteiger partial charge in [0.05, 0.1) is 44.1 Å². The topological polar surface area (TPSA) is 122 Å². The van der Waals surface area contributed by atoms with E-state index in [0.717, 1.165) is 11.3 Å². The molecule has 0 aliphatic heterocycles. The average molecular weight is 490 g/mol. The van der Waals surface area contributed by atoms with Crippen LogP contribution in [0.4, 0.5) is 5.69 Å². The first-order valence-electron chi connectivity index (χ1n) is 8.15. The van der Waals surface area contributed by atoms with Crippen LogP contribution in [0.5, 0.6) is 0 Å². The number of ether oxygens (including phenoxy) is 1. The third-order valence-electron chi connectivity index (χ3n) is 3.35. The lowest BCUT2D eigenvalue weighted by Gasteiger charge is -2.12. The summed E-state index contributed by atoms with van der Waals surface area (Å²) in [6, 6.07) is 9.92. The fourth-order valence-electron chi connectivity index (χ4n) is 2.06. The maximum atomic E-state index is 10.7. The number of aliphatic hydroxyl groups is 1. The maximum Gasteiger partial charge on any atom is 0.269 e. The van der Waals surface area contributed by atoms with Gasteiger partial charge in [0, 0.05) is 18.7 Å². The van der Waals surface area contributed by atoms with E-state index >= 15 is 0 Å². The Morgan fingerprint density at radius 3 is 2.63 bits per heavy atom. The number of hydrogen-bond donors (Lipinski definition) is 3. The van der Waals surface area contributed by atoms with Gasteiger partial charge in [0.15, 0.2) is 5.96 Å². The second kappa shape index (κ2) is 13.1. The molecule has 0 bridgehead atoms. The number of aliphatic hydroxyl groups excluding tert-OH is 1. The minimum absolute atomic E-state index is 0. The van der Waals surface area contributed by atoms with Crippen molar-refractivity contribution in [1.29, 1.82) is 0 Å². The molecule has 0 unspecified atom stereocenters. The van der Waals surface area contributed by atoms with Crippen LogP contribution < -0.4 is 10.6 Å². The van der Waals surface area contributed by atoms with Crippen molar-refractivity contribution < 1.29 is 19.2 Å². The lowest BCUT2D eigenvalue weighted by molar-refractivity contribution is -0.384. The third kappa shape index (κ3) is 8.84. The summed E-state index contributed by atoms with van der Waals surface area (Å²) in [6.07, 6.45) is 1.60. The Bertz CT molecular complexity index is 692. The summed E-state index contributed by atoms with van der Waals surface area (Å²) in [5, 5.41) is 25.7.